The lowest BCUT2D eigenvalue weighted by atomic mass is 9.93. The van der Waals surface area contributed by atoms with Crippen LogP contribution in [0.5, 0.6) is 0 Å². The molecule has 0 radical (unpaired) electrons. The van der Waals surface area contributed by atoms with E-state index in [1.54, 1.807) is 0 Å². The van der Waals surface area contributed by atoms with Gasteiger partial charge >= 0.3 is 12.0 Å². The number of rotatable bonds is 10. The van der Waals surface area contributed by atoms with Crippen LogP contribution in [0.25, 0.3) is 0 Å². The van der Waals surface area contributed by atoms with Crippen LogP contribution < -0.4 is 10.6 Å². The summed E-state index contributed by atoms with van der Waals surface area (Å²) in [6.07, 6.45) is 2.02. The Balaban J connectivity index is 1.54. The normalized spacial score (nSPS) is 16.4. The zero-order valence-corrected chi connectivity index (χ0v) is 16.4. The summed E-state index contributed by atoms with van der Waals surface area (Å²) in [4.78, 5) is 23.4. The predicted octanol–water partition coefficient (Wildman–Crippen LogP) is 3.28. The fourth-order valence-electron chi connectivity index (χ4n) is 3.61. The van der Waals surface area contributed by atoms with Crippen molar-refractivity contribution < 1.29 is 19.8 Å². The van der Waals surface area contributed by atoms with Crippen molar-refractivity contribution in [1.29, 1.82) is 0 Å². The number of urea groups is 1. The molecular weight excluding hydrogens is 368 g/mol. The summed E-state index contributed by atoms with van der Waals surface area (Å²) < 4.78 is 0. The quantitative estimate of drug-likeness (QED) is 0.495. The van der Waals surface area contributed by atoms with Gasteiger partial charge in [0.05, 0.1) is 6.10 Å². The molecular formula is C23H28N2O4. The van der Waals surface area contributed by atoms with Gasteiger partial charge in [-0.3, -0.25) is 4.79 Å². The van der Waals surface area contributed by atoms with Crippen LogP contribution in [-0.2, 0) is 11.2 Å². The molecule has 1 saturated carbocycles. The maximum Gasteiger partial charge on any atom is 0.315 e. The average molecular weight is 396 g/mol. The van der Waals surface area contributed by atoms with Gasteiger partial charge in [0.2, 0.25) is 0 Å². The van der Waals surface area contributed by atoms with Gasteiger partial charge < -0.3 is 20.8 Å². The summed E-state index contributed by atoms with van der Waals surface area (Å²) in [5, 5.41) is 25.5. The van der Waals surface area contributed by atoms with Gasteiger partial charge in [-0.15, -0.1) is 0 Å². The number of amides is 2. The summed E-state index contributed by atoms with van der Waals surface area (Å²) in [6, 6.07) is 18.6. The molecule has 6 nitrogen and oxygen atoms in total. The molecule has 6 heteroatoms. The third kappa shape index (κ3) is 6.06. The van der Waals surface area contributed by atoms with E-state index in [0.717, 1.165) is 24.0 Å². The molecule has 0 aromatic heterocycles. The molecule has 1 aliphatic carbocycles. The third-order valence-corrected chi connectivity index (χ3v) is 5.56. The molecule has 2 unspecified atom stereocenters. The van der Waals surface area contributed by atoms with E-state index < -0.39 is 12.1 Å². The number of carbonyl (C=O) groups excluding carboxylic acids is 1. The molecule has 1 aliphatic rings. The van der Waals surface area contributed by atoms with Gasteiger partial charge in [-0.1, -0.05) is 60.7 Å². The minimum Gasteiger partial charge on any atom is -0.481 e. The van der Waals surface area contributed by atoms with E-state index in [1.165, 1.54) is 0 Å². The number of carbonyl (C=O) groups is 2. The van der Waals surface area contributed by atoms with E-state index in [0.29, 0.717) is 19.4 Å². The highest BCUT2D eigenvalue weighted by Crippen LogP contribution is 2.54. The number of aliphatic carboxylic acids is 1. The molecule has 2 aromatic rings. The van der Waals surface area contributed by atoms with Crippen molar-refractivity contribution >= 4 is 12.0 Å². The lowest BCUT2D eigenvalue weighted by Gasteiger charge is -2.24. The highest BCUT2D eigenvalue weighted by Gasteiger charge is 2.49. The van der Waals surface area contributed by atoms with E-state index in [9.17, 15) is 14.7 Å². The largest absolute Gasteiger partial charge is 0.481 e. The SMILES string of the molecule is O=C(O)CCC(Cc1ccccc1)NC(=O)NCC1(C(O)c2ccccc2)CC1. The van der Waals surface area contributed by atoms with Gasteiger partial charge in [0.1, 0.15) is 0 Å². The molecule has 0 aliphatic heterocycles. The maximum absolute atomic E-state index is 12.5. The molecule has 3 rings (SSSR count). The first kappa shape index (κ1) is 20.9. The van der Waals surface area contributed by atoms with Crippen molar-refractivity contribution in [2.75, 3.05) is 6.54 Å². The van der Waals surface area contributed by atoms with Gasteiger partial charge in [0, 0.05) is 24.4 Å². The Morgan fingerprint density at radius 1 is 1.00 bits per heavy atom. The molecule has 0 heterocycles. The van der Waals surface area contributed by atoms with E-state index in [-0.39, 0.29) is 23.9 Å². The van der Waals surface area contributed by atoms with Crippen LogP contribution in [0.3, 0.4) is 0 Å². The van der Waals surface area contributed by atoms with E-state index in [1.807, 2.05) is 60.7 Å². The first-order chi connectivity index (χ1) is 14.0. The molecule has 29 heavy (non-hydrogen) atoms. The topological polar surface area (TPSA) is 98.7 Å². The maximum atomic E-state index is 12.5. The number of carboxylic acid groups (broad SMARTS) is 1. The zero-order valence-electron chi connectivity index (χ0n) is 16.4. The minimum absolute atomic E-state index is 0.00552. The Morgan fingerprint density at radius 2 is 1.62 bits per heavy atom. The first-order valence-electron chi connectivity index (χ1n) is 10.0. The van der Waals surface area contributed by atoms with Crippen LogP contribution >= 0.6 is 0 Å². The first-order valence-corrected chi connectivity index (χ1v) is 10.0. The predicted molar refractivity (Wildman–Crippen MR) is 110 cm³/mol. The fourth-order valence-corrected chi connectivity index (χ4v) is 3.61. The van der Waals surface area contributed by atoms with Gasteiger partial charge in [0.25, 0.3) is 0 Å². The highest BCUT2D eigenvalue weighted by molar-refractivity contribution is 5.74. The number of carboxylic acids is 1. The molecule has 2 atom stereocenters. The molecule has 0 bridgehead atoms. The van der Waals surface area contributed by atoms with Gasteiger partial charge in [-0.2, -0.15) is 0 Å². The molecule has 0 saturated heterocycles. The second-order valence-electron chi connectivity index (χ2n) is 7.82. The van der Waals surface area contributed by atoms with Crippen molar-refractivity contribution in [2.45, 2.75) is 44.2 Å². The van der Waals surface area contributed by atoms with Gasteiger partial charge in [0.15, 0.2) is 0 Å². The molecule has 4 N–H and O–H groups in total. The van der Waals surface area contributed by atoms with E-state index in [4.69, 9.17) is 5.11 Å². The molecule has 154 valence electrons. The average Bonchev–Trinajstić information content (AvgIpc) is 3.52. The summed E-state index contributed by atoms with van der Waals surface area (Å²) >= 11 is 0. The Hall–Kier alpha value is -2.86. The smallest absolute Gasteiger partial charge is 0.315 e. The number of aliphatic hydroxyl groups excluding tert-OH is 1. The zero-order chi connectivity index (χ0) is 20.7. The third-order valence-electron chi connectivity index (χ3n) is 5.56. The van der Waals surface area contributed by atoms with Crippen LogP contribution in [0, 0.1) is 5.41 Å². The number of hydrogen-bond acceptors (Lipinski definition) is 3. The van der Waals surface area contributed by atoms with Crippen molar-refractivity contribution in [1.82, 2.24) is 10.6 Å². The number of hydrogen-bond donors (Lipinski definition) is 4. The van der Waals surface area contributed by atoms with Crippen LogP contribution in [0.1, 0.15) is 42.9 Å². The number of nitrogens with one attached hydrogen (secondary N) is 2. The Kier molecular flexibility index (Phi) is 6.88. The molecule has 2 aromatic carbocycles. The van der Waals surface area contributed by atoms with Crippen molar-refractivity contribution in [3.05, 3.63) is 71.8 Å². The Labute approximate surface area is 171 Å². The minimum atomic E-state index is -0.881. The molecule has 2 amide bonds. The van der Waals surface area contributed by atoms with Crippen LogP contribution in [-0.4, -0.2) is 34.8 Å². The van der Waals surface area contributed by atoms with Crippen LogP contribution in [0.15, 0.2) is 60.7 Å². The van der Waals surface area contributed by atoms with Crippen molar-refractivity contribution in [3.63, 3.8) is 0 Å². The van der Waals surface area contributed by atoms with E-state index in [2.05, 4.69) is 10.6 Å². The fraction of sp³-hybridized carbons (Fsp3) is 0.391. The van der Waals surface area contributed by atoms with Crippen molar-refractivity contribution in [2.24, 2.45) is 5.41 Å². The van der Waals surface area contributed by atoms with Crippen LogP contribution in [0.4, 0.5) is 4.79 Å². The lowest BCUT2D eigenvalue weighted by Crippen LogP contribution is -2.45. The lowest BCUT2D eigenvalue weighted by molar-refractivity contribution is -0.137. The Bertz CT molecular complexity index is 806. The molecule has 0 spiro atoms. The molecule has 1 fully saturated rings. The second kappa shape index (κ2) is 9.56. The van der Waals surface area contributed by atoms with Gasteiger partial charge in [-0.25, -0.2) is 4.79 Å². The van der Waals surface area contributed by atoms with Crippen LogP contribution in [0.2, 0.25) is 0 Å². The standard InChI is InChI=1S/C23H28N2O4/c26-20(27)12-11-19(15-17-7-3-1-4-8-17)25-22(29)24-16-23(13-14-23)21(28)18-9-5-2-6-10-18/h1-10,19,21,28H,11-16H2,(H,26,27)(H2,24,25,29). The highest BCUT2D eigenvalue weighted by atomic mass is 16.4. The van der Waals surface area contributed by atoms with Crippen molar-refractivity contribution in [3.8, 4) is 0 Å². The van der Waals surface area contributed by atoms with Gasteiger partial charge in [-0.05, 0) is 36.8 Å². The van der Waals surface area contributed by atoms with E-state index >= 15 is 0 Å². The summed E-state index contributed by atoms with van der Waals surface area (Å²) in [7, 11) is 0. The monoisotopic (exact) mass is 396 g/mol. The second-order valence-corrected chi connectivity index (χ2v) is 7.82. The summed E-state index contributed by atoms with van der Waals surface area (Å²) in [6.45, 7) is 0.381. The summed E-state index contributed by atoms with van der Waals surface area (Å²) in [5.74, 6) is -0.881. The Morgan fingerprint density at radius 3 is 2.21 bits per heavy atom. The summed E-state index contributed by atoms with van der Waals surface area (Å²) in [5.41, 5.74) is 1.58. The number of benzene rings is 2. The number of aliphatic hydroxyl groups is 1.